The van der Waals surface area contributed by atoms with Crippen LogP contribution in [0.3, 0.4) is 0 Å². The molecule has 3 nitrogen and oxygen atoms in total. The van der Waals surface area contributed by atoms with Crippen LogP contribution in [0.25, 0.3) is 0 Å². The van der Waals surface area contributed by atoms with Crippen LogP contribution in [0, 0.1) is 0 Å². The summed E-state index contributed by atoms with van der Waals surface area (Å²) < 4.78 is 0. The van der Waals surface area contributed by atoms with Crippen LogP contribution in [0.2, 0.25) is 0 Å². The van der Waals surface area contributed by atoms with Crippen molar-refractivity contribution in [2.75, 3.05) is 32.6 Å². The van der Waals surface area contributed by atoms with Gasteiger partial charge in [-0.2, -0.15) is 11.8 Å². The summed E-state index contributed by atoms with van der Waals surface area (Å²) in [6, 6.07) is 8.82. The lowest BCUT2D eigenvalue weighted by atomic mass is 10.1. The number of thioether (sulfide) groups is 1. The van der Waals surface area contributed by atoms with Gasteiger partial charge in [0.1, 0.15) is 0 Å². The minimum atomic E-state index is 0.881. The van der Waals surface area contributed by atoms with Gasteiger partial charge in [0, 0.05) is 27.2 Å². The molecule has 0 unspecified atom stereocenters. The largest absolute Gasteiger partial charge is 0.356 e. The van der Waals surface area contributed by atoms with E-state index in [1.54, 1.807) is 0 Å². The molecule has 0 aliphatic heterocycles. The van der Waals surface area contributed by atoms with E-state index in [4.69, 9.17) is 0 Å². The molecule has 0 amide bonds. The van der Waals surface area contributed by atoms with Crippen LogP contribution in [0.15, 0.2) is 29.3 Å². The predicted molar refractivity (Wildman–Crippen MR) is 91.6 cm³/mol. The van der Waals surface area contributed by atoms with Gasteiger partial charge in [-0.25, -0.2) is 0 Å². The van der Waals surface area contributed by atoms with Gasteiger partial charge in [-0.15, -0.1) is 0 Å². The van der Waals surface area contributed by atoms with Crippen LogP contribution in [-0.4, -0.2) is 43.5 Å². The Kier molecular flexibility index (Phi) is 8.19. The number of rotatable bonds is 7. The van der Waals surface area contributed by atoms with E-state index in [0.29, 0.717) is 0 Å². The van der Waals surface area contributed by atoms with Crippen LogP contribution in [0.1, 0.15) is 24.5 Å². The minimum absolute atomic E-state index is 0.881. The normalized spacial score (nSPS) is 11.5. The van der Waals surface area contributed by atoms with Crippen molar-refractivity contribution in [2.45, 2.75) is 26.3 Å². The summed E-state index contributed by atoms with van der Waals surface area (Å²) in [6.07, 6.45) is 4.40. The van der Waals surface area contributed by atoms with Crippen molar-refractivity contribution in [3.63, 3.8) is 0 Å². The molecule has 20 heavy (non-hydrogen) atoms. The van der Waals surface area contributed by atoms with Crippen molar-refractivity contribution in [2.24, 2.45) is 4.99 Å². The fraction of sp³-hybridized carbons (Fsp3) is 0.562. The smallest absolute Gasteiger partial charge is 0.193 e. The molecule has 0 atom stereocenters. The minimum Gasteiger partial charge on any atom is -0.356 e. The third kappa shape index (κ3) is 5.87. The molecule has 1 rings (SSSR count). The standard InChI is InChI=1S/C16H27N3S/c1-5-14-7-9-15(10-8-14)13-19(3)16(17-2)18-11-6-12-20-4/h7-10H,5-6,11-13H2,1-4H3,(H,17,18). The average Bonchev–Trinajstić information content (AvgIpc) is 2.48. The molecule has 0 aliphatic rings. The molecular weight excluding hydrogens is 266 g/mol. The molecule has 0 radical (unpaired) electrons. The Morgan fingerprint density at radius 1 is 1.25 bits per heavy atom. The number of aliphatic imine (C=N–C) groups is 1. The maximum absolute atomic E-state index is 4.34. The molecule has 0 bridgehead atoms. The van der Waals surface area contributed by atoms with Crippen molar-refractivity contribution in [3.05, 3.63) is 35.4 Å². The molecule has 1 aromatic carbocycles. The van der Waals surface area contributed by atoms with E-state index in [2.05, 4.69) is 59.7 Å². The van der Waals surface area contributed by atoms with Gasteiger partial charge in [-0.1, -0.05) is 31.2 Å². The highest BCUT2D eigenvalue weighted by molar-refractivity contribution is 7.98. The van der Waals surface area contributed by atoms with Crippen LogP contribution in [-0.2, 0) is 13.0 Å². The van der Waals surface area contributed by atoms with Crippen molar-refractivity contribution in [1.82, 2.24) is 10.2 Å². The van der Waals surface area contributed by atoms with Crippen molar-refractivity contribution in [1.29, 1.82) is 0 Å². The van der Waals surface area contributed by atoms with Gasteiger partial charge in [0.25, 0.3) is 0 Å². The van der Waals surface area contributed by atoms with E-state index in [0.717, 1.165) is 25.5 Å². The highest BCUT2D eigenvalue weighted by Crippen LogP contribution is 2.07. The van der Waals surface area contributed by atoms with E-state index in [1.807, 2.05) is 18.8 Å². The molecule has 0 saturated carbocycles. The van der Waals surface area contributed by atoms with E-state index < -0.39 is 0 Å². The molecule has 1 aromatic rings. The number of guanidine groups is 1. The number of nitrogens with one attached hydrogen (secondary N) is 1. The summed E-state index contributed by atoms with van der Waals surface area (Å²) in [5, 5.41) is 3.41. The SMILES string of the molecule is CCc1ccc(CN(C)C(=NC)NCCCSC)cc1. The second-order valence-electron chi connectivity index (χ2n) is 4.85. The number of hydrogen-bond donors (Lipinski definition) is 1. The molecular formula is C16H27N3S. The summed E-state index contributed by atoms with van der Waals surface area (Å²) in [5.74, 6) is 2.15. The molecule has 0 aromatic heterocycles. The van der Waals surface area contributed by atoms with Crippen molar-refractivity contribution in [3.8, 4) is 0 Å². The zero-order valence-corrected chi connectivity index (χ0v) is 14.0. The summed E-state index contributed by atoms with van der Waals surface area (Å²) in [7, 11) is 3.92. The van der Waals surface area contributed by atoms with E-state index in [1.165, 1.54) is 23.3 Å². The molecule has 0 aliphatic carbocycles. The van der Waals surface area contributed by atoms with Crippen LogP contribution in [0.4, 0.5) is 0 Å². The number of aryl methyl sites for hydroxylation is 1. The zero-order valence-electron chi connectivity index (χ0n) is 13.1. The first-order chi connectivity index (χ1) is 9.71. The molecule has 4 heteroatoms. The second kappa shape index (κ2) is 9.70. The Labute approximate surface area is 127 Å². The second-order valence-corrected chi connectivity index (χ2v) is 5.83. The summed E-state index contributed by atoms with van der Waals surface area (Å²) >= 11 is 1.88. The molecule has 0 heterocycles. The van der Waals surface area contributed by atoms with Crippen molar-refractivity contribution >= 4 is 17.7 Å². The number of benzene rings is 1. The Hall–Kier alpha value is -1.16. The number of nitrogens with zero attached hydrogens (tertiary/aromatic N) is 2. The molecule has 112 valence electrons. The molecule has 0 fully saturated rings. The van der Waals surface area contributed by atoms with Gasteiger partial charge in [0.2, 0.25) is 0 Å². The van der Waals surface area contributed by atoms with Gasteiger partial charge in [0.15, 0.2) is 5.96 Å². The van der Waals surface area contributed by atoms with Gasteiger partial charge in [-0.3, -0.25) is 4.99 Å². The zero-order chi connectivity index (χ0) is 14.8. The maximum Gasteiger partial charge on any atom is 0.193 e. The monoisotopic (exact) mass is 293 g/mol. The Morgan fingerprint density at radius 2 is 1.90 bits per heavy atom. The van der Waals surface area contributed by atoms with Gasteiger partial charge < -0.3 is 10.2 Å². The lowest BCUT2D eigenvalue weighted by Crippen LogP contribution is -2.39. The average molecular weight is 293 g/mol. The lowest BCUT2D eigenvalue weighted by Gasteiger charge is -2.22. The van der Waals surface area contributed by atoms with Gasteiger partial charge in [-0.05, 0) is 36.0 Å². The topological polar surface area (TPSA) is 27.6 Å². The third-order valence-electron chi connectivity index (χ3n) is 3.23. The Morgan fingerprint density at radius 3 is 2.45 bits per heavy atom. The molecule has 1 N–H and O–H groups in total. The van der Waals surface area contributed by atoms with Crippen LogP contribution >= 0.6 is 11.8 Å². The fourth-order valence-corrected chi connectivity index (χ4v) is 2.46. The van der Waals surface area contributed by atoms with E-state index in [9.17, 15) is 0 Å². The number of hydrogen-bond acceptors (Lipinski definition) is 2. The lowest BCUT2D eigenvalue weighted by molar-refractivity contribution is 0.477. The van der Waals surface area contributed by atoms with E-state index in [-0.39, 0.29) is 0 Å². The summed E-state index contributed by atoms with van der Waals surface area (Å²) in [5.41, 5.74) is 2.70. The molecule has 0 spiro atoms. The highest BCUT2D eigenvalue weighted by Gasteiger charge is 2.05. The van der Waals surface area contributed by atoms with Crippen molar-refractivity contribution < 1.29 is 0 Å². The summed E-state index contributed by atoms with van der Waals surface area (Å²) in [4.78, 5) is 6.51. The molecule has 0 saturated heterocycles. The van der Waals surface area contributed by atoms with Crippen LogP contribution in [0.5, 0.6) is 0 Å². The van der Waals surface area contributed by atoms with Crippen LogP contribution < -0.4 is 5.32 Å². The maximum atomic E-state index is 4.34. The van der Waals surface area contributed by atoms with Gasteiger partial charge >= 0.3 is 0 Å². The fourth-order valence-electron chi connectivity index (χ4n) is 2.03. The predicted octanol–water partition coefficient (Wildman–Crippen LogP) is 3.01. The first-order valence-corrected chi connectivity index (χ1v) is 8.59. The van der Waals surface area contributed by atoms with Gasteiger partial charge in [0.05, 0.1) is 0 Å². The highest BCUT2D eigenvalue weighted by atomic mass is 32.2. The Balaban J connectivity index is 2.47. The first kappa shape index (κ1) is 16.9. The summed E-state index contributed by atoms with van der Waals surface area (Å²) in [6.45, 7) is 4.04. The van der Waals surface area contributed by atoms with E-state index >= 15 is 0 Å². The quantitative estimate of drug-likeness (QED) is 0.476. The first-order valence-electron chi connectivity index (χ1n) is 7.19. The third-order valence-corrected chi connectivity index (χ3v) is 3.93. The Bertz CT molecular complexity index is 401.